The molecule has 1 saturated carbocycles. The lowest BCUT2D eigenvalue weighted by molar-refractivity contribution is 0.0526. The molecule has 22 heavy (non-hydrogen) atoms. The first-order chi connectivity index (χ1) is 10.5. The summed E-state index contributed by atoms with van der Waals surface area (Å²) in [4.78, 5) is 11.7. The molecule has 1 aromatic rings. The van der Waals surface area contributed by atoms with Crippen LogP contribution in [-0.4, -0.2) is 33.6 Å². The number of nitrogens with one attached hydrogen (secondary N) is 1. The highest BCUT2D eigenvalue weighted by Gasteiger charge is 2.30. The van der Waals surface area contributed by atoms with Gasteiger partial charge in [-0.2, -0.15) is 0 Å². The maximum Gasteiger partial charge on any atom is 0.338 e. The van der Waals surface area contributed by atoms with Crippen molar-refractivity contribution < 1.29 is 17.9 Å². The topological polar surface area (TPSA) is 98.5 Å². The van der Waals surface area contributed by atoms with E-state index in [0.717, 1.165) is 19.3 Å². The van der Waals surface area contributed by atoms with E-state index in [1.54, 1.807) is 6.92 Å². The molecule has 0 aromatic heterocycles. The molecule has 1 fully saturated rings. The Morgan fingerprint density at radius 2 is 2.00 bits per heavy atom. The summed E-state index contributed by atoms with van der Waals surface area (Å²) in [5.74, 6) is -0.271. The van der Waals surface area contributed by atoms with Crippen molar-refractivity contribution in [3.63, 3.8) is 0 Å². The molecule has 7 heteroatoms. The first-order valence-corrected chi connectivity index (χ1v) is 8.96. The van der Waals surface area contributed by atoms with E-state index in [9.17, 15) is 13.2 Å². The maximum atomic E-state index is 12.4. The summed E-state index contributed by atoms with van der Waals surface area (Å²) < 4.78 is 32.4. The van der Waals surface area contributed by atoms with Crippen LogP contribution in [0.4, 0.5) is 0 Å². The van der Waals surface area contributed by atoms with Gasteiger partial charge in [0.15, 0.2) is 0 Å². The number of benzene rings is 1. The fourth-order valence-corrected chi connectivity index (χ4v) is 4.07. The zero-order chi connectivity index (χ0) is 16.2. The molecular formula is C15H22N2O4S. The lowest BCUT2D eigenvalue weighted by Gasteiger charge is -2.19. The molecule has 0 saturated heterocycles. The second-order valence-electron chi connectivity index (χ2n) is 5.40. The van der Waals surface area contributed by atoms with Crippen LogP contribution in [0.25, 0.3) is 0 Å². The molecule has 6 nitrogen and oxygen atoms in total. The Bertz CT molecular complexity index is 613. The van der Waals surface area contributed by atoms with E-state index in [-0.39, 0.29) is 23.5 Å². The van der Waals surface area contributed by atoms with Crippen molar-refractivity contribution in [3.8, 4) is 0 Å². The Morgan fingerprint density at radius 1 is 1.32 bits per heavy atom. The fraction of sp³-hybridized carbons (Fsp3) is 0.533. The Morgan fingerprint density at radius 3 is 2.59 bits per heavy atom. The van der Waals surface area contributed by atoms with E-state index in [1.807, 2.05) is 0 Å². The number of carbonyl (C=O) groups is 1. The third kappa shape index (κ3) is 3.85. The first-order valence-electron chi connectivity index (χ1n) is 7.47. The molecule has 0 amide bonds. The number of hydrogen-bond acceptors (Lipinski definition) is 5. The molecule has 2 unspecified atom stereocenters. The summed E-state index contributed by atoms with van der Waals surface area (Å²) in [5, 5.41) is 0. The average molecular weight is 326 g/mol. The molecule has 3 N–H and O–H groups in total. The van der Waals surface area contributed by atoms with Crippen molar-refractivity contribution >= 4 is 16.0 Å². The maximum absolute atomic E-state index is 12.4. The van der Waals surface area contributed by atoms with Crippen molar-refractivity contribution in [2.45, 2.75) is 37.1 Å². The van der Waals surface area contributed by atoms with E-state index in [0.29, 0.717) is 12.1 Å². The molecule has 1 aliphatic carbocycles. The standard InChI is InChI=1S/C15H22N2O4S/c1-2-21-15(18)11-6-8-13(9-7-11)22(19,20)17-14-5-3-4-12(14)10-16/h6-9,12,14,17H,2-5,10,16H2,1H3. The predicted octanol–water partition coefficient (Wildman–Crippen LogP) is 1.27. The molecular weight excluding hydrogens is 304 g/mol. The van der Waals surface area contributed by atoms with Gasteiger partial charge in [0.05, 0.1) is 17.1 Å². The smallest absolute Gasteiger partial charge is 0.338 e. The van der Waals surface area contributed by atoms with Gasteiger partial charge in [-0.05, 0) is 56.5 Å². The first kappa shape index (κ1) is 16.9. The third-order valence-electron chi connectivity index (χ3n) is 3.94. The number of hydrogen-bond donors (Lipinski definition) is 2. The van der Waals surface area contributed by atoms with Gasteiger partial charge in [-0.15, -0.1) is 0 Å². The number of carbonyl (C=O) groups excluding carboxylic acids is 1. The normalized spacial score (nSPS) is 21.7. The van der Waals surface area contributed by atoms with Crippen LogP contribution in [0.2, 0.25) is 0 Å². The lowest BCUT2D eigenvalue weighted by atomic mass is 10.1. The van der Waals surface area contributed by atoms with E-state index in [2.05, 4.69) is 4.72 Å². The number of ether oxygens (including phenoxy) is 1. The van der Waals surface area contributed by atoms with Crippen LogP contribution in [0, 0.1) is 5.92 Å². The SMILES string of the molecule is CCOC(=O)c1ccc(S(=O)(=O)NC2CCCC2CN)cc1. The van der Waals surface area contributed by atoms with Gasteiger partial charge < -0.3 is 10.5 Å². The largest absolute Gasteiger partial charge is 0.462 e. The summed E-state index contributed by atoms with van der Waals surface area (Å²) in [6.07, 6.45) is 2.74. The van der Waals surface area contributed by atoms with Gasteiger partial charge in [0.25, 0.3) is 0 Å². The van der Waals surface area contributed by atoms with Gasteiger partial charge in [-0.25, -0.2) is 17.9 Å². The second-order valence-corrected chi connectivity index (χ2v) is 7.11. The van der Waals surface area contributed by atoms with Gasteiger partial charge in [0, 0.05) is 6.04 Å². The van der Waals surface area contributed by atoms with Gasteiger partial charge in [-0.1, -0.05) is 6.42 Å². The van der Waals surface area contributed by atoms with Gasteiger partial charge in [0.2, 0.25) is 10.0 Å². The third-order valence-corrected chi connectivity index (χ3v) is 5.45. The zero-order valence-electron chi connectivity index (χ0n) is 12.6. The zero-order valence-corrected chi connectivity index (χ0v) is 13.4. The minimum atomic E-state index is -3.60. The number of nitrogens with two attached hydrogens (primary N) is 1. The van der Waals surface area contributed by atoms with E-state index < -0.39 is 16.0 Å². The van der Waals surface area contributed by atoms with E-state index in [4.69, 9.17) is 10.5 Å². The molecule has 2 rings (SSSR count). The molecule has 2 atom stereocenters. The number of sulfonamides is 1. The van der Waals surface area contributed by atoms with Crippen LogP contribution in [0.1, 0.15) is 36.5 Å². The highest BCUT2D eigenvalue weighted by atomic mass is 32.2. The molecule has 1 aliphatic rings. The average Bonchev–Trinajstić information content (AvgIpc) is 2.94. The Kier molecular flexibility index (Phi) is 5.55. The fourth-order valence-electron chi connectivity index (χ4n) is 2.73. The van der Waals surface area contributed by atoms with Crippen LogP contribution in [-0.2, 0) is 14.8 Å². The van der Waals surface area contributed by atoms with Gasteiger partial charge in [-0.3, -0.25) is 0 Å². The summed E-state index contributed by atoms with van der Waals surface area (Å²) in [7, 11) is -3.60. The van der Waals surface area contributed by atoms with Crippen LogP contribution in [0.5, 0.6) is 0 Å². The monoisotopic (exact) mass is 326 g/mol. The number of esters is 1. The minimum Gasteiger partial charge on any atom is -0.462 e. The molecule has 0 heterocycles. The summed E-state index contributed by atoms with van der Waals surface area (Å²) in [6, 6.07) is 5.64. The van der Waals surface area contributed by atoms with Crippen LogP contribution < -0.4 is 10.5 Å². The van der Waals surface area contributed by atoms with Crippen molar-refractivity contribution in [1.82, 2.24) is 4.72 Å². The van der Waals surface area contributed by atoms with Crippen molar-refractivity contribution in [2.24, 2.45) is 11.7 Å². The van der Waals surface area contributed by atoms with Gasteiger partial charge in [0.1, 0.15) is 0 Å². The van der Waals surface area contributed by atoms with Crippen molar-refractivity contribution in [2.75, 3.05) is 13.2 Å². The lowest BCUT2D eigenvalue weighted by Crippen LogP contribution is -2.39. The van der Waals surface area contributed by atoms with Gasteiger partial charge >= 0.3 is 5.97 Å². The molecule has 0 radical (unpaired) electrons. The van der Waals surface area contributed by atoms with Crippen molar-refractivity contribution in [3.05, 3.63) is 29.8 Å². The quantitative estimate of drug-likeness (QED) is 0.767. The molecule has 1 aromatic carbocycles. The molecule has 0 bridgehead atoms. The second kappa shape index (κ2) is 7.21. The molecule has 0 spiro atoms. The summed E-state index contributed by atoms with van der Waals surface area (Å²) >= 11 is 0. The van der Waals surface area contributed by atoms with Crippen LogP contribution in [0.3, 0.4) is 0 Å². The van der Waals surface area contributed by atoms with Crippen molar-refractivity contribution in [1.29, 1.82) is 0 Å². The summed E-state index contributed by atoms with van der Waals surface area (Å²) in [5.41, 5.74) is 6.01. The molecule has 0 aliphatic heterocycles. The number of rotatable bonds is 6. The Labute approximate surface area is 131 Å². The minimum absolute atomic E-state index is 0.111. The predicted molar refractivity (Wildman–Crippen MR) is 82.9 cm³/mol. The van der Waals surface area contributed by atoms with Crippen LogP contribution >= 0.6 is 0 Å². The van der Waals surface area contributed by atoms with E-state index >= 15 is 0 Å². The highest BCUT2D eigenvalue weighted by Crippen LogP contribution is 2.26. The van der Waals surface area contributed by atoms with Crippen LogP contribution in [0.15, 0.2) is 29.2 Å². The highest BCUT2D eigenvalue weighted by molar-refractivity contribution is 7.89. The summed E-state index contributed by atoms with van der Waals surface area (Å²) in [6.45, 7) is 2.48. The Balaban J connectivity index is 2.11. The van der Waals surface area contributed by atoms with E-state index in [1.165, 1.54) is 24.3 Å². The molecule has 122 valence electrons. The Hall–Kier alpha value is -1.44.